The first-order chi connectivity index (χ1) is 5.64. The molecule has 2 N–H and O–H groups in total. The summed E-state index contributed by atoms with van der Waals surface area (Å²) in [5.41, 5.74) is 5.12. The van der Waals surface area contributed by atoms with Crippen LogP contribution in [0.2, 0.25) is 0 Å². The maximum atomic E-state index is 5.49. The van der Waals surface area contributed by atoms with E-state index in [1.807, 2.05) is 13.8 Å². The Kier molecular flexibility index (Phi) is 2.60. The van der Waals surface area contributed by atoms with E-state index in [0.29, 0.717) is 12.4 Å². The molecule has 0 unspecified atom stereocenters. The first-order valence-electron chi connectivity index (χ1n) is 3.79. The van der Waals surface area contributed by atoms with Crippen LogP contribution >= 0.6 is 0 Å². The molecule has 4 nitrogen and oxygen atoms in total. The Bertz CT molecular complexity index is 235. The fourth-order valence-corrected chi connectivity index (χ4v) is 0.664. The van der Waals surface area contributed by atoms with Crippen LogP contribution in [0.3, 0.4) is 0 Å². The van der Waals surface area contributed by atoms with Gasteiger partial charge in [-0.2, -0.15) is 0 Å². The van der Waals surface area contributed by atoms with E-state index >= 15 is 0 Å². The van der Waals surface area contributed by atoms with Gasteiger partial charge < -0.3 is 10.5 Å². The maximum Gasteiger partial charge on any atom is 0.216 e. The van der Waals surface area contributed by atoms with Gasteiger partial charge in [0.1, 0.15) is 11.9 Å². The first-order valence-corrected chi connectivity index (χ1v) is 3.79. The average molecular weight is 167 g/mol. The fourth-order valence-electron chi connectivity index (χ4n) is 0.664. The van der Waals surface area contributed by atoms with Gasteiger partial charge in [-0.25, -0.2) is 9.97 Å². The highest BCUT2D eigenvalue weighted by Gasteiger charge is 2.17. The Hall–Kier alpha value is -1.16. The molecule has 12 heavy (non-hydrogen) atoms. The quantitative estimate of drug-likeness (QED) is 0.715. The van der Waals surface area contributed by atoms with E-state index in [1.165, 1.54) is 6.33 Å². The molecule has 0 radical (unpaired) electrons. The zero-order valence-corrected chi connectivity index (χ0v) is 7.32. The summed E-state index contributed by atoms with van der Waals surface area (Å²) >= 11 is 0. The Labute approximate surface area is 71.8 Å². The van der Waals surface area contributed by atoms with E-state index in [1.54, 1.807) is 12.3 Å². The summed E-state index contributed by atoms with van der Waals surface area (Å²) < 4.78 is 5.47. The molecule has 66 valence electrons. The molecule has 0 bridgehead atoms. The Morgan fingerprint density at radius 2 is 2.33 bits per heavy atom. The van der Waals surface area contributed by atoms with Gasteiger partial charge in [0.25, 0.3) is 0 Å². The molecule has 0 saturated carbocycles. The lowest BCUT2D eigenvalue weighted by atomic mass is 10.1. The summed E-state index contributed by atoms with van der Waals surface area (Å²) in [5, 5.41) is 0. The topological polar surface area (TPSA) is 61.0 Å². The highest BCUT2D eigenvalue weighted by molar-refractivity contribution is 5.06. The lowest BCUT2D eigenvalue weighted by Crippen LogP contribution is -2.37. The Morgan fingerprint density at radius 3 is 2.83 bits per heavy atom. The number of hydrogen-bond donors (Lipinski definition) is 1. The maximum absolute atomic E-state index is 5.49. The minimum atomic E-state index is -0.367. The van der Waals surface area contributed by atoms with E-state index in [4.69, 9.17) is 10.5 Å². The second-order valence-corrected chi connectivity index (χ2v) is 3.11. The third-order valence-electron chi connectivity index (χ3n) is 1.43. The van der Waals surface area contributed by atoms with Crippen molar-refractivity contribution in [1.29, 1.82) is 0 Å². The van der Waals surface area contributed by atoms with Gasteiger partial charge in [0.05, 0.1) is 0 Å². The molecule has 1 rings (SSSR count). The molecule has 0 amide bonds. The lowest BCUT2D eigenvalue weighted by molar-refractivity contribution is 0.112. The van der Waals surface area contributed by atoms with Gasteiger partial charge >= 0.3 is 0 Å². The normalized spacial score (nSPS) is 11.2. The third-order valence-corrected chi connectivity index (χ3v) is 1.43. The largest absolute Gasteiger partial charge is 0.470 e. The van der Waals surface area contributed by atoms with Crippen LogP contribution in [0.25, 0.3) is 0 Å². The molecule has 4 heteroatoms. The van der Waals surface area contributed by atoms with Gasteiger partial charge in [-0.05, 0) is 13.8 Å². The van der Waals surface area contributed by atoms with Gasteiger partial charge in [-0.15, -0.1) is 0 Å². The van der Waals surface area contributed by atoms with Crippen LogP contribution in [0.4, 0.5) is 0 Å². The van der Waals surface area contributed by atoms with Crippen molar-refractivity contribution < 1.29 is 4.74 Å². The number of nitrogens with zero attached hydrogens (tertiary/aromatic N) is 2. The molecule has 0 spiro atoms. The highest BCUT2D eigenvalue weighted by atomic mass is 16.5. The van der Waals surface area contributed by atoms with Crippen LogP contribution in [0.5, 0.6) is 5.88 Å². The predicted octanol–water partition coefficient (Wildman–Crippen LogP) is 0.593. The second-order valence-electron chi connectivity index (χ2n) is 3.11. The molecule has 0 aliphatic heterocycles. The van der Waals surface area contributed by atoms with Crippen LogP contribution < -0.4 is 10.5 Å². The molecule has 1 aromatic heterocycles. The van der Waals surface area contributed by atoms with Crippen molar-refractivity contribution in [2.24, 2.45) is 5.73 Å². The van der Waals surface area contributed by atoms with Crippen LogP contribution in [0, 0.1) is 0 Å². The predicted molar refractivity (Wildman–Crippen MR) is 45.8 cm³/mol. The summed E-state index contributed by atoms with van der Waals surface area (Å²) in [6.45, 7) is 4.28. The van der Waals surface area contributed by atoms with Crippen LogP contribution in [0.15, 0.2) is 18.6 Å². The van der Waals surface area contributed by atoms with E-state index in [-0.39, 0.29) is 5.60 Å². The van der Waals surface area contributed by atoms with Crippen molar-refractivity contribution in [1.82, 2.24) is 9.97 Å². The molecular formula is C8H13N3O. The number of nitrogens with two attached hydrogens (primary N) is 1. The Morgan fingerprint density at radius 1 is 1.58 bits per heavy atom. The van der Waals surface area contributed by atoms with Crippen molar-refractivity contribution in [2.45, 2.75) is 19.4 Å². The molecule has 0 aliphatic carbocycles. The molecule has 0 atom stereocenters. The van der Waals surface area contributed by atoms with E-state index < -0.39 is 0 Å². The molecule has 0 saturated heterocycles. The second kappa shape index (κ2) is 3.49. The minimum Gasteiger partial charge on any atom is -0.470 e. The number of aromatic nitrogens is 2. The molecule has 0 aromatic carbocycles. The van der Waals surface area contributed by atoms with E-state index in [2.05, 4.69) is 9.97 Å². The summed E-state index contributed by atoms with van der Waals surface area (Å²) in [7, 11) is 0. The summed E-state index contributed by atoms with van der Waals surface area (Å²) in [5.74, 6) is 0.556. The standard InChI is InChI=1S/C8H13N3O/c1-8(2,5-9)12-7-3-4-10-6-11-7/h3-4,6H,5,9H2,1-2H3. The van der Waals surface area contributed by atoms with Gasteiger partial charge in [-0.3, -0.25) is 0 Å². The smallest absolute Gasteiger partial charge is 0.216 e. The lowest BCUT2D eigenvalue weighted by Gasteiger charge is -2.23. The number of rotatable bonds is 3. The zero-order valence-electron chi connectivity index (χ0n) is 7.32. The highest BCUT2D eigenvalue weighted by Crippen LogP contribution is 2.12. The van der Waals surface area contributed by atoms with Crippen LogP contribution in [0.1, 0.15) is 13.8 Å². The van der Waals surface area contributed by atoms with Gasteiger partial charge in [0, 0.05) is 18.8 Å². The fraction of sp³-hybridized carbons (Fsp3) is 0.500. The summed E-state index contributed by atoms with van der Waals surface area (Å²) in [6.07, 6.45) is 3.08. The van der Waals surface area contributed by atoms with Crippen molar-refractivity contribution in [2.75, 3.05) is 6.54 Å². The van der Waals surface area contributed by atoms with Crippen LogP contribution in [-0.4, -0.2) is 22.1 Å². The Balaban J connectivity index is 2.64. The average Bonchev–Trinajstić information content (AvgIpc) is 2.06. The monoisotopic (exact) mass is 167 g/mol. The SMILES string of the molecule is CC(C)(CN)Oc1ccncn1. The number of hydrogen-bond acceptors (Lipinski definition) is 4. The minimum absolute atomic E-state index is 0.367. The number of ether oxygens (including phenoxy) is 1. The van der Waals surface area contributed by atoms with Crippen molar-refractivity contribution >= 4 is 0 Å². The molecule has 0 fully saturated rings. The first kappa shape index (κ1) is 8.93. The van der Waals surface area contributed by atoms with Gasteiger partial charge in [0.15, 0.2) is 0 Å². The van der Waals surface area contributed by atoms with Crippen molar-refractivity contribution in [3.63, 3.8) is 0 Å². The summed E-state index contributed by atoms with van der Waals surface area (Å²) in [6, 6.07) is 1.71. The summed E-state index contributed by atoms with van der Waals surface area (Å²) in [4.78, 5) is 7.70. The zero-order chi connectivity index (χ0) is 9.03. The third kappa shape index (κ3) is 2.47. The van der Waals surface area contributed by atoms with E-state index in [9.17, 15) is 0 Å². The van der Waals surface area contributed by atoms with Gasteiger partial charge in [0.2, 0.25) is 5.88 Å². The molecular weight excluding hydrogens is 154 g/mol. The molecule has 1 aromatic rings. The van der Waals surface area contributed by atoms with Crippen molar-refractivity contribution in [3.8, 4) is 5.88 Å². The molecule has 0 aliphatic rings. The van der Waals surface area contributed by atoms with Crippen molar-refractivity contribution in [3.05, 3.63) is 18.6 Å². The van der Waals surface area contributed by atoms with Crippen LogP contribution in [-0.2, 0) is 0 Å². The molecule has 1 heterocycles. The van der Waals surface area contributed by atoms with Gasteiger partial charge in [-0.1, -0.05) is 0 Å². The van der Waals surface area contributed by atoms with E-state index in [0.717, 1.165) is 0 Å².